The lowest BCUT2D eigenvalue weighted by Gasteiger charge is -2.28. The molecule has 1 saturated heterocycles. The van der Waals surface area contributed by atoms with Crippen LogP contribution in [0.3, 0.4) is 0 Å². The molecule has 1 aliphatic heterocycles. The van der Waals surface area contributed by atoms with Crippen molar-refractivity contribution in [1.29, 1.82) is 0 Å². The van der Waals surface area contributed by atoms with Gasteiger partial charge in [-0.25, -0.2) is 4.79 Å². The second-order valence-electron chi connectivity index (χ2n) is 8.05. The first kappa shape index (κ1) is 21.9. The number of ether oxygens (including phenoxy) is 2. The van der Waals surface area contributed by atoms with E-state index < -0.39 is 17.7 Å². The Labute approximate surface area is 172 Å². The monoisotopic (exact) mass is 427 g/mol. The Morgan fingerprint density at radius 1 is 1.23 bits per heavy atom. The highest BCUT2D eigenvalue weighted by atomic mass is 19.4. The van der Waals surface area contributed by atoms with Crippen LogP contribution in [0.5, 0.6) is 5.75 Å². The topological polar surface area (TPSA) is 77.7 Å². The molecule has 1 atom stereocenters. The number of carbonyl (C=O) groups is 1. The summed E-state index contributed by atoms with van der Waals surface area (Å²) in [7, 11) is 0. The molecule has 0 aliphatic carbocycles. The molecular weight excluding hydrogens is 403 g/mol. The van der Waals surface area contributed by atoms with Crippen molar-refractivity contribution in [2.75, 3.05) is 13.2 Å². The van der Waals surface area contributed by atoms with Crippen LogP contribution < -0.4 is 4.74 Å². The molecule has 2 aromatic rings. The predicted octanol–water partition coefficient (Wildman–Crippen LogP) is 4.92. The molecule has 2 heterocycles. The number of hydrogen-bond donors (Lipinski definition) is 0. The molecule has 1 fully saturated rings. The van der Waals surface area contributed by atoms with Gasteiger partial charge in [0, 0.05) is 24.6 Å². The van der Waals surface area contributed by atoms with E-state index in [9.17, 15) is 18.0 Å². The molecule has 164 valence electrons. The van der Waals surface area contributed by atoms with Crippen LogP contribution in [0.1, 0.15) is 45.9 Å². The number of likely N-dealkylation sites (tertiary alicyclic amines) is 1. The summed E-state index contributed by atoms with van der Waals surface area (Å²) in [6.45, 7) is 6.56. The van der Waals surface area contributed by atoms with Crippen molar-refractivity contribution in [2.45, 2.75) is 57.9 Å². The smallest absolute Gasteiger partial charge is 0.471 e. The number of aromatic nitrogens is 2. The second kappa shape index (κ2) is 8.53. The molecule has 1 unspecified atom stereocenters. The zero-order valence-corrected chi connectivity index (χ0v) is 17.0. The number of amides is 1. The molecular formula is C20H24F3N3O4. The van der Waals surface area contributed by atoms with Gasteiger partial charge in [-0.2, -0.15) is 18.2 Å². The summed E-state index contributed by atoms with van der Waals surface area (Å²) in [4.78, 5) is 17.4. The van der Waals surface area contributed by atoms with Crippen LogP contribution in [-0.2, 0) is 10.9 Å². The number of hydrogen-bond acceptors (Lipinski definition) is 6. The van der Waals surface area contributed by atoms with Crippen LogP contribution in [0.15, 0.2) is 28.8 Å². The molecule has 30 heavy (non-hydrogen) atoms. The van der Waals surface area contributed by atoms with Crippen LogP contribution in [0.25, 0.3) is 11.4 Å². The van der Waals surface area contributed by atoms with Crippen LogP contribution in [-0.4, -0.2) is 45.9 Å². The summed E-state index contributed by atoms with van der Waals surface area (Å²) in [5, 5.41) is 3.35. The van der Waals surface area contributed by atoms with Crippen LogP contribution in [0, 0.1) is 0 Å². The molecule has 1 aromatic heterocycles. The van der Waals surface area contributed by atoms with Gasteiger partial charge in [0.1, 0.15) is 11.4 Å². The van der Waals surface area contributed by atoms with Crippen molar-refractivity contribution in [3.63, 3.8) is 0 Å². The van der Waals surface area contributed by atoms with E-state index in [1.165, 1.54) is 0 Å². The van der Waals surface area contributed by atoms with Gasteiger partial charge in [0.15, 0.2) is 0 Å². The summed E-state index contributed by atoms with van der Waals surface area (Å²) in [5.74, 6) is -0.975. The first-order chi connectivity index (χ1) is 14.0. The Balaban J connectivity index is 1.52. The Morgan fingerprint density at radius 3 is 2.53 bits per heavy atom. The summed E-state index contributed by atoms with van der Waals surface area (Å²) in [5.41, 5.74) is -0.157. The highest BCUT2D eigenvalue weighted by Gasteiger charge is 2.38. The zero-order chi connectivity index (χ0) is 21.9. The molecule has 0 bridgehead atoms. The van der Waals surface area contributed by atoms with E-state index in [4.69, 9.17) is 9.47 Å². The maximum Gasteiger partial charge on any atom is 0.471 e. The number of nitrogens with zero attached hydrogens (tertiary/aromatic N) is 3. The highest BCUT2D eigenvalue weighted by molar-refractivity contribution is 5.68. The fourth-order valence-corrected chi connectivity index (χ4v) is 3.17. The van der Waals surface area contributed by atoms with Crippen molar-refractivity contribution in [1.82, 2.24) is 15.0 Å². The van der Waals surface area contributed by atoms with Crippen LogP contribution in [0.4, 0.5) is 18.0 Å². The SMILES string of the molecule is CC(C)(C)OC(=O)N1CCCC1CCOc1ccc(-c2noc(C(F)(F)F)n2)cc1. The molecule has 7 nitrogen and oxygen atoms in total. The average Bonchev–Trinajstić information content (AvgIpc) is 3.30. The second-order valence-corrected chi connectivity index (χ2v) is 8.05. The van der Waals surface area contributed by atoms with Gasteiger partial charge in [-0.15, -0.1) is 0 Å². The van der Waals surface area contributed by atoms with E-state index in [-0.39, 0.29) is 18.0 Å². The third kappa shape index (κ3) is 5.64. The third-order valence-electron chi connectivity index (χ3n) is 4.51. The number of alkyl halides is 3. The lowest BCUT2D eigenvalue weighted by atomic mass is 10.1. The van der Waals surface area contributed by atoms with Crippen molar-refractivity contribution in [3.8, 4) is 17.1 Å². The Morgan fingerprint density at radius 2 is 1.93 bits per heavy atom. The zero-order valence-electron chi connectivity index (χ0n) is 17.0. The fourth-order valence-electron chi connectivity index (χ4n) is 3.17. The van der Waals surface area contributed by atoms with Gasteiger partial charge in [0.2, 0.25) is 5.82 Å². The number of halogens is 3. The minimum absolute atomic E-state index is 0.0549. The fraction of sp³-hybridized carbons (Fsp3) is 0.550. The quantitative estimate of drug-likeness (QED) is 0.674. The van der Waals surface area contributed by atoms with E-state index >= 15 is 0 Å². The summed E-state index contributed by atoms with van der Waals surface area (Å²) < 4.78 is 53.1. The highest BCUT2D eigenvalue weighted by Crippen LogP contribution is 2.30. The minimum Gasteiger partial charge on any atom is -0.494 e. The molecule has 0 saturated carbocycles. The largest absolute Gasteiger partial charge is 0.494 e. The van der Waals surface area contributed by atoms with Gasteiger partial charge in [-0.1, -0.05) is 5.16 Å². The van der Waals surface area contributed by atoms with Crippen molar-refractivity contribution >= 4 is 6.09 Å². The molecule has 3 rings (SSSR count). The average molecular weight is 427 g/mol. The van der Waals surface area contributed by atoms with E-state index in [1.54, 1.807) is 29.2 Å². The van der Waals surface area contributed by atoms with E-state index in [1.807, 2.05) is 20.8 Å². The van der Waals surface area contributed by atoms with Gasteiger partial charge in [-0.3, -0.25) is 0 Å². The molecule has 0 radical (unpaired) electrons. The first-order valence-electron chi connectivity index (χ1n) is 9.67. The van der Waals surface area contributed by atoms with E-state index in [0.717, 1.165) is 12.8 Å². The molecule has 1 aliphatic rings. The van der Waals surface area contributed by atoms with E-state index in [2.05, 4.69) is 14.7 Å². The van der Waals surface area contributed by atoms with Crippen LogP contribution in [0.2, 0.25) is 0 Å². The molecule has 0 N–H and O–H groups in total. The molecule has 0 spiro atoms. The lowest BCUT2D eigenvalue weighted by Crippen LogP contribution is -2.40. The van der Waals surface area contributed by atoms with Gasteiger partial charge >= 0.3 is 18.2 Å². The normalized spacial score (nSPS) is 17.3. The van der Waals surface area contributed by atoms with Crippen molar-refractivity contribution in [3.05, 3.63) is 30.2 Å². The molecule has 10 heteroatoms. The Hall–Kier alpha value is -2.78. The third-order valence-corrected chi connectivity index (χ3v) is 4.51. The first-order valence-corrected chi connectivity index (χ1v) is 9.67. The minimum atomic E-state index is -4.68. The van der Waals surface area contributed by atoms with E-state index in [0.29, 0.717) is 30.9 Å². The lowest BCUT2D eigenvalue weighted by molar-refractivity contribution is -0.159. The Bertz CT molecular complexity index is 859. The van der Waals surface area contributed by atoms with Gasteiger partial charge in [0.25, 0.3) is 0 Å². The van der Waals surface area contributed by atoms with Gasteiger partial charge in [-0.05, 0) is 57.9 Å². The molecule has 1 amide bonds. The summed E-state index contributed by atoms with van der Waals surface area (Å²) >= 11 is 0. The summed E-state index contributed by atoms with van der Waals surface area (Å²) in [6.07, 6.45) is -2.53. The standard InChI is InChI=1S/C20H24F3N3O4/c1-19(2,3)29-18(27)26-11-4-5-14(26)10-12-28-15-8-6-13(7-9-15)16-24-17(30-25-16)20(21,22)23/h6-9,14H,4-5,10-12H2,1-3H3. The van der Waals surface area contributed by atoms with Crippen molar-refractivity contribution in [2.24, 2.45) is 0 Å². The van der Waals surface area contributed by atoms with Gasteiger partial charge in [0.05, 0.1) is 6.61 Å². The van der Waals surface area contributed by atoms with Crippen molar-refractivity contribution < 1.29 is 32.0 Å². The molecule has 1 aromatic carbocycles. The number of carbonyl (C=O) groups excluding carboxylic acids is 1. The number of benzene rings is 1. The van der Waals surface area contributed by atoms with Crippen LogP contribution >= 0.6 is 0 Å². The number of rotatable bonds is 5. The Kier molecular flexibility index (Phi) is 6.23. The van der Waals surface area contributed by atoms with Gasteiger partial charge < -0.3 is 18.9 Å². The maximum absolute atomic E-state index is 12.6. The summed E-state index contributed by atoms with van der Waals surface area (Å²) in [6, 6.07) is 6.42. The maximum atomic E-state index is 12.6. The predicted molar refractivity (Wildman–Crippen MR) is 101 cm³/mol.